The minimum Gasteiger partial charge on any atom is -0.340 e. The molecule has 0 fully saturated rings. The van der Waals surface area contributed by atoms with Crippen LogP contribution in [-0.4, -0.2) is 10.9 Å². The number of aromatic nitrogens is 1. The van der Waals surface area contributed by atoms with E-state index in [4.69, 9.17) is 0 Å². The van der Waals surface area contributed by atoms with Gasteiger partial charge in [-0.05, 0) is 68.3 Å². The highest BCUT2D eigenvalue weighted by molar-refractivity contribution is 6.04. The Balaban J connectivity index is 1.67. The van der Waals surface area contributed by atoms with Gasteiger partial charge in [0.05, 0.1) is 11.9 Å². The molecule has 2 N–H and O–H groups in total. The molecule has 0 spiro atoms. The number of amides is 1. The molecule has 0 aliphatic carbocycles. The molecule has 4 heteroatoms. The summed E-state index contributed by atoms with van der Waals surface area (Å²) in [5, 5.41) is 6.13. The average Bonchev–Trinajstić information content (AvgIpc) is 2.60. The van der Waals surface area contributed by atoms with Gasteiger partial charge in [-0.1, -0.05) is 23.8 Å². The molecule has 1 heterocycles. The van der Waals surface area contributed by atoms with Crippen LogP contribution in [0.3, 0.4) is 0 Å². The van der Waals surface area contributed by atoms with Crippen LogP contribution in [-0.2, 0) is 0 Å². The maximum atomic E-state index is 12.3. The van der Waals surface area contributed by atoms with Gasteiger partial charge in [0.1, 0.15) is 5.82 Å². The fraction of sp³-hybridized carbons (Fsp3) is 0.143. The molecule has 0 saturated carbocycles. The first-order valence-electron chi connectivity index (χ1n) is 8.19. The number of rotatable bonds is 4. The van der Waals surface area contributed by atoms with Crippen LogP contribution < -0.4 is 10.6 Å². The highest BCUT2D eigenvalue weighted by atomic mass is 16.1. The fourth-order valence-electron chi connectivity index (χ4n) is 2.50. The first-order chi connectivity index (χ1) is 12.0. The molecule has 0 aliphatic rings. The highest BCUT2D eigenvalue weighted by Crippen LogP contribution is 2.19. The van der Waals surface area contributed by atoms with Gasteiger partial charge in [-0.25, -0.2) is 4.98 Å². The molecule has 0 saturated heterocycles. The molecule has 0 aliphatic heterocycles. The van der Waals surface area contributed by atoms with E-state index in [0.29, 0.717) is 11.3 Å². The zero-order valence-corrected chi connectivity index (χ0v) is 14.6. The lowest BCUT2D eigenvalue weighted by Crippen LogP contribution is -2.12. The van der Waals surface area contributed by atoms with Crippen molar-refractivity contribution in [1.82, 2.24) is 4.98 Å². The Hall–Kier alpha value is -3.14. The van der Waals surface area contributed by atoms with Crippen molar-refractivity contribution < 1.29 is 4.79 Å². The summed E-state index contributed by atoms with van der Waals surface area (Å²) in [5.74, 6) is 0.595. The molecule has 0 atom stereocenters. The molecule has 3 aromatic rings. The third kappa shape index (κ3) is 4.23. The monoisotopic (exact) mass is 331 g/mol. The predicted octanol–water partition coefficient (Wildman–Crippen LogP) is 5.00. The summed E-state index contributed by atoms with van der Waals surface area (Å²) in [6.45, 7) is 6.13. The fourth-order valence-corrected chi connectivity index (χ4v) is 2.50. The van der Waals surface area contributed by atoms with Gasteiger partial charge in [-0.2, -0.15) is 0 Å². The Morgan fingerprint density at radius 1 is 0.880 bits per heavy atom. The minimum atomic E-state index is -0.139. The molecule has 1 aromatic heterocycles. The molecular weight excluding hydrogens is 310 g/mol. The zero-order valence-electron chi connectivity index (χ0n) is 14.6. The van der Waals surface area contributed by atoms with Crippen LogP contribution in [0.2, 0.25) is 0 Å². The number of nitrogens with one attached hydrogen (secondary N) is 2. The Kier molecular flexibility index (Phi) is 4.80. The Bertz CT molecular complexity index is 901. The summed E-state index contributed by atoms with van der Waals surface area (Å²) in [6, 6.07) is 17.4. The number of anilines is 3. The Morgan fingerprint density at radius 2 is 1.68 bits per heavy atom. The van der Waals surface area contributed by atoms with Crippen molar-refractivity contribution in [2.75, 3.05) is 10.6 Å². The number of carbonyl (C=O) groups excluding carboxylic acids is 1. The van der Waals surface area contributed by atoms with Crippen LogP contribution in [0.4, 0.5) is 17.2 Å². The zero-order chi connectivity index (χ0) is 17.8. The Labute approximate surface area is 147 Å². The van der Waals surface area contributed by atoms with Gasteiger partial charge in [0.2, 0.25) is 0 Å². The van der Waals surface area contributed by atoms with Crippen molar-refractivity contribution in [3.8, 4) is 0 Å². The second kappa shape index (κ2) is 7.18. The van der Waals surface area contributed by atoms with Crippen molar-refractivity contribution in [3.05, 3.63) is 83.0 Å². The molecular formula is C21H21N3O. The van der Waals surface area contributed by atoms with E-state index in [2.05, 4.69) is 41.6 Å². The number of pyridine rings is 1. The summed E-state index contributed by atoms with van der Waals surface area (Å²) in [5.41, 5.74) is 5.83. The minimum absolute atomic E-state index is 0.139. The van der Waals surface area contributed by atoms with Crippen molar-refractivity contribution in [2.45, 2.75) is 20.8 Å². The van der Waals surface area contributed by atoms with E-state index >= 15 is 0 Å². The van der Waals surface area contributed by atoms with Crippen molar-refractivity contribution in [1.29, 1.82) is 0 Å². The van der Waals surface area contributed by atoms with Gasteiger partial charge in [0.25, 0.3) is 5.91 Å². The van der Waals surface area contributed by atoms with E-state index in [0.717, 1.165) is 17.1 Å². The molecule has 2 aromatic carbocycles. The third-order valence-electron chi connectivity index (χ3n) is 4.08. The smallest absolute Gasteiger partial charge is 0.255 e. The first-order valence-corrected chi connectivity index (χ1v) is 8.19. The average molecular weight is 331 g/mol. The maximum Gasteiger partial charge on any atom is 0.255 e. The van der Waals surface area contributed by atoms with Gasteiger partial charge in [0.15, 0.2) is 0 Å². The van der Waals surface area contributed by atoms with Crippen molar-refractivity contribution in [2.24, 2.45) is 0 Å². The molecule has 1 amide bonds. The SMILES string of the molecule is Cc1cccc(C(=O)Nc2ccc(Nc3ccc(C)c(C)c3)nc2)c1. The van der Waals surface area contributed by atoms with E-state index in [9.17, 15) is 4.79 Å². The second-order valence-electron chi connectivity index (χ2n) is 6.18. The van der Waals surface area contributed by atoms with Crippen LogP contribution in [0, 0.1) is 20.8 Å². The lowest BCUT2D eigenvalue weighted by Gasteiger charge is -2.09. The number of hydrogen-bond acceptors (Lipinski definition) is 3. The third-order valence-corrected chi connectivity index (χ3v) is 4.08. The van der Waals surface area contributed by atoms with E-state index in [1.54, 1.807) is 12.3 Å². The van der Waals surface area contributed by atoms with Crippen molar-refractivity contribution in [3.63, 3.8) is 0 Å². The lowest BCUT2D eigenvalue weighted by molar-refractivity contribution is 0.102. The summed E-state index contributed by atoms with van der Waals surface area (Å²) < 4.78 is 0. The van der Waals surface area contributed by atoms with E-state index < -0.39 is 0 Å². The standard InChI is InChI=1S/C21H21N3O/c1-14-5-4-6-17(11-14)21(25)24-19-9-10-20(22-13-19)23-18-8-7-15(2)16(3)12-18/h4-13H,1-3H3,(H,22,23)(H,24,25). The predicted molar refractivity (Wildman–Crippen MR) is 103 cm³/mol. The number of nitrogens with zero attached hydrogens (tertiary/aromatic N) is 1. The van der Waals surface area contributed by atoms with Crippen molar-refractivity contribution >= 4 is 23.1 Å². The van der Waals surface area contributed by atoms with E-state index in [1.165, 1.54) is 11.1 Å². The number of hydrogen-bond donors (Lipinski definition) is 2. The Morgan fingerprint density at radius 3 is 2.36 bits per heavy atom. The molecule has 25 heavy (non-hydrogen) atoms. The van der Waals surface area contributed by atoms with Crippen LogP contribution in [0.15, 0.2) is 60.8 Å². The topological polar surface area (TPSA) is 54.0 Å². The number of aryl methyl sites for hydroxylation is 3. The van der Waals surface area contributed by atoms with Gasteiger partial charge in [0, 0.05) is 11.3 Å². The molecule has 0 unspecified atom stereocenters. The summed E-state index contributed by atoms with van der Waals surface area (Å²) in [4.78, 5) is 16.6. The molecule has 0 radical (unpaired) electrons. The van der Waals surface area contributed by atoms with Crippen LogP contribution in [0.5, 0.6) is 0 Å². The quantitative estimate of drug-likeness (QED) is 0.707. The molecule has 0 bridgehead atoms. The maximum absolute atomic E-state index is 12.3. The van der Waals surface area contributed by atoms with Crippen LogP contribution in [0.25, 0.3) is 0 Å². The van der Waals surface area contributed by atoms with E-state index in [1.807, 2.05) is 43.3 Å². The number of benzene rings is 2. The number of carbonyl (C=O) groups is 1. The van der Waals surface area contributed by atoms with Gasteiger partial charge in [-0.15, -0.1) is 0 Å². The summed E-state index contributed by atoms with van der Waals surface area (Å²) >= 11 is 0. The van der Waals surface area contributed by atoms with Gasteiger partial charge in [-0.3, -0.25) is 4.79 Å². The van der Waals surface area contributed by atoms with Gasteiger partial charge < -0.3 is 10.6 Å². The molecule has 4 nitrogen and oxygen atoms in total. The highest BCUT2D eigenvalue weighted by Gasteiger charge is 2.06. The summed E-state index contributed by atoms with van der Waals surface area (Å²) in [7, 11) is 0. The second-order valence-corrected chi connectivity index (χ2v) is 6.18. The first kappa shape index (κ1) is 16.7. The van der Waals surface area contributed by atoms with E-state index in [-0.39, 0.29) is 5.91 Å². The largest absolute Gasteiger partial charge is 0.340 e. The van der Waals surface area contributed by atoms with Gasteiger partial charge >= 0.3 is 0 Å². The van der Waals surface area contributed by atoms with Crippen LogP contribution in [0.1, 0.15) is 27.0 Å². The molecule has 126 valence electrons. The molecule has 3 rings (SSSR count). The lowest BCUT2D eigenvalue weighted by atomic mass is 10.1. The summed E-state index contributed by atoms with van der Waals surface area (Å²) in [6.07, 6.45) is 1.65. The normalized spacial score (nSPS) is 10.4. The van der Waals surface area contributed by atoms with Crippen LogP contribution >= 0.6 is 0 Å².